The van der Waals surface area contributed by atoms with E-state index in [0.29, 0.717) is 0 Å². The maximum absolute atomic E-state index is 12.0. The second kappa shape index (κ2) is 4.71. The molecule has 0 unspecified atom stereocenters. The van der Waals surface area contributed by atoms with Crippen molar-refractivity contribution in [1.82, 2.24) is 0 Å². The fourth-order valence-electron chi connectivity index (χ4n) is 0.846. The zero-order valence-corrected chi connectivity index (χ0v) is 6.10. The van der Waals surface area contributed by atoms with E-state index in [1.54, 1.807) is 0 Å². The van der Waals surface area contributed by atoms with Gasteiger partial charge in [0.05, 0.1) is 12.2 Å². The summed E-state index contributed by atoms with van der Waals surface area (Å²) in [6.45, 7) is -0.371. The third kappa shape index (κ3) is 3.43. The van der Waals surface area contributed by atoms with Crippen molar-refractivity contribution >= 4 is 18.9 Å². The molecule has 1 aromatic carbocycles. The molecule has 0 amide bonds. The molecular weight excluding hydrogens is 176 g/mol. The molecule has 5 heteroatoms. The van der Waals surface area contributed by atoms with Crippen molar-refractivity contribution in [2.75, 3.05) is 0 Å². The van der Waals surface area contributed by atoms with Crippen LogP contribution in [-0.4, -0.2) is 24.0 Å². The zero-order valence-electron chi connectivity index (χ0n) is 6.10. The summed E-state index contributed by atoms with van der Waals surface area (Å²) in [6.07, 6.45) is -4.33. The van der Waals surface area contributed by atoms with Crippen LogP contribution in [0, 0.1) is 0 Å². The van der Waals surface area contributed by atoms with Gasteiger partial charge in [-0.2, -0.15) is 13.2 Å². The van der Waals surface area contributed by atoms with Crippen LogP contribution >= 0.6 is 0 Å². The summed E-state index contributed by atoms with van der Waals surface area (Å²) in [5.41, 5.74) is -0.459. The van der Waals surface area contributed by atoms with Gasteiger partial charge in [-0.25, -0.2) is 0 Å². The molecule has 0 saturated heterocycles. The SMILES string of the molecule is OCc1cccc(C(F)(F)F)c1.[LiH]. The normalized spacial score (nSPS) is 10.8. The van der Waals surface area contributed by atoms with E-state index in [1.807, 2.05) is 0 Å². The number of benzene rings is 1. The number of hydrogen-bond acceptors (Lipinski definition) is 1. The number of alkyl halides is 3. The van der Waals surface area contributed by atoms with Crippen molar-refractivity contribution < 1.29 is 18.3 Å². The van der Waals surface area contributed by atoms with Gasteiger partial charge in [-0.1, -0.05) is 12.1 Å². The molecule has 0 aliphatic carbocycles. The number of rotatable bonds is 1. The summed E-state index contributed by atoms with van der Waals surface area (Å²) >= 11 is 0. The van der Waals surface area contributed by atoms with Gasteiger partial charge in [0.25, 0.3) is 0 Å². The van der Waals surface area contributed by atoms with E-state index in [-0.39, 0.29) is 31.0 Å². The minimum atomic E-state index is -4.33. The number of hydrogen-bond donors (Lipinski definition) is 1. The van der Waals surface area contributed by atoms with Crippen molar-refractivity contribution in [3.63, 3.8) is 0 Å². The summed E-state index contributed by atoms with van der Waals surface area (Å²) < 4.78 is 36.1. The van der Waals surface area contributed by atoms with Crippen LogP contribution in [0.3, 0.4) is 0 Å². The molecule has 0 aliphatic heterocycles. The second-order valence-corrected chi connectivity index (χ2v) is 2.36. The Balaban J connectivity index is 0.00000144. The van der Waals surface area contributed by atoms with Gasteiger partial charge < -0.3 is 5.11 Å². The summed E-state index contributed by atoms with van der Waals surface area (Å²) in [4.78, 5) is 0. The van der Waals surface area contributed by atoms with Crippen LogP contribution in [0.4, 0.5) is 13.2 Å². The summed E-state index contributed by atoms with van der Waals surface area (Å²) in [6, 6.07) is 4.61. The quantitative estimate of drug-likeness (QED) is 0.656. The Morgan fingerprint density at radius 2 is 1.85 bits per heavy atom. The predicted octanol–water partition coefficient (Wildman–Crippen LogP) is 1.55. The summed E-state index contributed by atoms with van der Waals surface area (Å²) in [7, 11) is 0. The van der Waals surface area contributed by atoms with Crippen molar-refractivity contribution in [3.8, 4) is 0 Å². The first-order valence-electron chi connectivity index (χ1n) is 3.31. The van der Waals surface area contributed by atoms with Crippen molar-refractivity contribution in [3.05, 3.63) is 35.4 Å². The van der Waals surface area contributed by atoms with Crippen molar-refractivity contribution in [1.29, 1.82) is 0 Å². The van der Waals surface area contributed by atoms with Crippen molar-refractivity contribution in [2.45, 2.75) is 12.8 Å². The topological polar surface area (TPSA) is 20.2 Å². The average Bonchev–Trinajstić information content (AvgIpc) is 2.03. The van der Waals surface area contributed by atoms with Gasteiger partial charge in [-0.05, 0) is 17.7 Å². The molecule has 0 bridgehead atoms. The molecule has 1 nitrogen and oxygen atoms in total. The Hall–Kier alpha value is -0.433. The molecular formula is C8H8F3LiO. The number of aliphatic hydroxyl groups is 1. The molecule has 0 aliphatic rings. The van der Waals surface area contributed by atoms with Gasteiger partial charge in [0.2, 0.25) is 0 Å². The molecule has 0 atom stereocenters. The Morgan fingerprint density at radius 3 is 2.31 bits per heavy atom. The fraction of sp³-hybridized carbons (Fsp3) is 0.250. The monoisotopic (exact) mass is 184 g/mol. The molecule has 13 heavy (non-hydrogen) atoms. The van der Waals surface area contributed by atoms with E-state index in [1.165, 1.54) is 12.1 Å². The van der Waals surface area contributed by atoms with E-state index in [9.17, 15) is 13.2 Å². The zero-order chi connectivity index (χ0) is 9.19. The predicted molar refractivity (Wildman–Crippen MR) is 44.5 cm³/mol. The fourth-order valence-corrected chi connectivity index (χ4v) is 0.846. The standard InChI is InChI=1S/C8H7F3O.Li.H/c9-8(10,11)7-3-1-2-6(4-7)5-12;;/h1-4,12H,5H2;;. The van der Waals surface area contributed by atoms with Gasteiger partial charge in [0.1, 0.15) is 0 Å². The summed E-state index contributed by atoms with van der Waals surface area (Å²) in [5.74, 6) is 0. The molecule has 0 spiro atoms. The number of aliphatic hydroxyl groups excluding tert-OH is 1. The third-order valence-corrected chi connectivity index (χ3v) is 1.44. The van der Waals surface area contributed by atoms with Crippen LogP contribution in [-0.2, 0) is 12.8 Å². The van der Waals surface area contributed by atoms with Crippen LogP contribution in [0.1, 0.15) is 11.1 Å². The van der Waals surface area contributed by atoms with Crippen LogP contribution in [0.15, 0.2) is 24.3 Å². The second-order valence-electron chi connectivity index (χ2n) is 2.36. The molecule has 68 valence electrons. The number of halogens is 3. The Bertz CT molecular complexity index is 272. The van der Waals surface area contributed by atoms with E-state index >= 15 is 0 Å². The molecule has 0 fully saturated rings. The molecule has 1 aromatic rings. The first-order chi connectivity index (χ1) is 5.54. The Labute approximate surface area is 85.7 Å². The first kappa shape index (κ1) is 12.6. The van der Waals surface area contributed by atoms with Crippen LogP contribution in [0.25, 0.3) is 0 Å². The minimum absolute atomic E-state index is 0. The van der Waals surface area contributed by atoms with E-state index < -0.39 is 11.7 Å². The van der Waals surface area contributed by atoms with Crippen LogP contribution < -0.4 is 0 Å². The maximum atomic E-state index is 12.0. The van der Waals surface area contributed by atoms with Crippen LogP contribution in [0.2, 0.25) is 0 Å². The van der Waals surface area contributed by atoms with E-state index in [2.05, 4.69) is 0 Å². The summed E-state index contributed by atoms with van der Waals surface area (Å²) in [5, 5.41) is 8.56. The van der Waals surface area contributed by atoms with Gasteiger partial charge in [-0.15, -0.1) is 0 Å². The van der Waals surface area contributed by atoms with Gasteiger partial charge >= 0.3 is 25.0 Å². The van der Waals surface area contributed by atoms with Gasteiger partial charge in [0.15, 0.2) is 0 Å². The first-order valence-corrected chi connectivity index (χ1v) is 3.31. The average molecular weight is 184 g/mol. The molecule has 0 saturated carbocycles. The van der Waals surface area contributed by atoms with Crippen LogP contribution in [0.5, 0.6) is 0 Å². The molecule has 0 aromatic heterocycles. The van der Waals surface area contributed by atoms with Crippen molar-refractivity contribution in [2.24, 2.45) is 0 Å². The van der Waals surface area contributed by atoms with E-state index in [0.717, 1.165) is 12.1 Å². The van der Waals surface area contributed by atoms with Gasteiger partial charge in [0, 0.05) is 0 Å². The molecule has 0 radical (unpaired) electrons. The Morgan fingerprint density at radius 1 is 1.23 bits per heavy atom. The third-order valence-electron chi connectivity index (χ3n) is 1.44. The molecule has 1 rings (SSSR count). The van der Waals surface area contributed by atoms with E-state index in [4.69, 9.17) is 5.11 Å². The van der Waals surface area contributed by atoms with Gasteiger partial charge in [-0.3, -0.25) is 0 Å². The molecule has 0 heterocycles. The molecule has 1 N–H and O–H groups in total. The Kier molecular flexibility index (Phi) is 4.55.